The third-order valence-corrected chi connectivity index (χ3v) is 5.82. The van der Waals surface area contributed by atoms with E-state index in [1.807, 2.05) is 32.9 Å². The summed E-state index contributed by atoms with van der Waals surface area (Å²) in [6.07, 6.45) is 0.646. The van der Waals surface area contributed by atoms with E-state index in [-0.39, 0.29) is 17.6 Å². The van der Waals surface area contributed by atoms with E-state index >= 15 is 0 Å². The molecule has 0 aliphatic heterocycles. The number of benzene rings is 2. The highest BCUT2D eigenvalue weighted by molar-refractivity contribution is 6.05. The zero-order valence-corrected chi connectivity index (χ0v) is 17.8. The number of carbonyl (C=O) groups is 2. The summed E-state index contributed by atoms with van der Waals surface area (Å²) in [6, 6.07) is 9.82. The number of hydrogen-bond donors (Lipinski definition) is 1. The first-order valence-corrected chi connectivity index (χ1v) is 9.93. The molecule has 2 atom stereocenters. The van der Waals surface area contributed by atoms with Gasteiger partial charge in [0.15, 0.2) is 11.6 Å². The summed E-state index contributed by atoms with van der Waals surface area (Å²) in [7, 11) is 1.36. The maximum atomic E-state index is 14.6. The summed E-state index contributed by atoms with van der Waals surface area (Å²) >= 11 is 0. The molecule has 0 spiro atoms. The van der Waals surface area contributed by atoms with Gasteiger partial charge in [-0.25, -0.2) is 4.39 Å². The molecule has 158 valence electrons. The molecule has 3 aromatic rings. The second-order valence-electron chi connectivity index (χ2n) is 7.71. The second kappa shape index (κ2) is 8.30. The number of rotatable bonds is 6. The molecule has 3 rings (SSSR count). The molecule has 0 bridgehead atoms. The molecular formula is C24H26FNO4. The highest BCUT2D eigenvalue weighted by Crippen LogP contribution is 2.39. The standard InChI is InChI=1S/C24H26FNO4/c1-6-14(3)21(24(28)29)22-15(4)26(23(27)16-9-7-13(2)8-10-16)19-12-18(25)20(30-5)11-17(19)22/h7-12,14,21H,6H2,1-5H3,(H,28,29)/t14?,21-/m0/s1. The lowest BCUT2D eigenvalue weighted by atomic mass is 9.84. The SMILES string of the molecule is CCC(C)[C@H](C(=O)O)c1c(C)n(C(=O)c2ccc(C)cc2)c2cc(F)c(OC)cc12. The Hall–Kier alpha value is -3.15. The molecule has 0 aliphatic rings. The van der Waals surface area contributed by atoms with E-state index in [1.165, 1.54) is 23.8 Å². The lowest BCUT2D eigenvalue weighted by Gasteiger charge is -2.20. The number of ether oxygens (including phenoxy) is 1. The van der Waals surface area contributed by atoms with Gasteiger partial charge in [0.25, 0.3) is 5.91 Å². The Morgan fingerprint density at radius 2 is 1.80 bits per heavy atom. The van der Waals surface area contributed by atoms with E-state index in [2.05, 4.69) is 0 Å². The monoisotopic (exact) mass is 411 g/mol. The second-order valence-corrected chi connectivity index (χ2v) is 7.71. The number of nitrogens with zero attached hydrogens (tertiary/aromatic N) is 1. The summed E-state index contributed by atoms with van der Waals surface area (Å²) in [5.41, 5.74) is 2.81. The van der Waals surface area contributed by atoms with Gasteiger partial charge < -0.3 is 9.84 Å². The van der Waals surface area contributed by atoms with Crippen molar-refractivity contribution in [2.45, 2.75) is 40.0 Å². The number of methoxy groups -OCH3 is 1. The lowest BCUT2D eigenvalue weighted by Crippen LogP contribution is -2.21. The highest BCUT2D eigenvalue weighted by atomic mass is 19.1. The van der Waals surface area contributed by atoms with Crippen molar-refractivity contribution in [1.29, 1.82) is 0 Å². The van der Waals surface area contributed by atoms with Gasteiger partial charge in [-0.05, 0) is 43.5 Å². The number of carbonyl (C=O) groups excluding carboxylic acids is 1. The van der Waals surface area contributed by atoms with Crippen molar-refractivity contribution in [1.82, 2.24) is 4.57 Å². The Labute approximate surface area is 175 Å². The summed E-state index contributed by atoms with van der Waals surface area (Å²) in [5, 5.41) is 10.5. The van der Waals surface area contributed by atoms with Crippen LogP contribution in [0.4, 0.5) is 4.39 Å². The molecule has 0 fully saturated rings. The zero-order valence-electron chi connectivity index (χ0n) is 17.8. The van der Waals surface area contributed by atoms with Crippen LogP contribution in [0.25, 0.3) is 10.9 Å². The van der Waals surface area contributed by atoms with Gasteiger partial charge in [-0.15, -0.1) is 0 Å². The third-order valence-electron chi connectivity index (χ3n) is 5.82. The average molecular weight is 411 g/mol. The fourth-order valence-electron chi connectivity index (χ4n) is 3.96. The maximum Gasteiger partial charge on any atom is 0.311 e. The Morgan fingerprint density at radius 3 is 2.33 bits per heavy atom. The van der Waals surface area contributed by atoms with Crippen LogP contribution in [0.15, 0.2) is 36.4 Å². The molecular weight excluding hydrogens is 385 g/mol. The van der Waals surface area contributed by atoms with E-state index in [0.29, 0.717) is 34.1 Å². The molecule has 0 radical (unpaired) electrons. The normalized spacial score (nSPS) is 13.3. The predicted octanol–water partition coefficient (Wildman–Crippen LogP) is 5.31. The third kappa shape index (κ3) is 3.58. The minimum Gasteiger partial charge on any atom is -0.494 e. The number of carboxylic acids is 1. The van der Waals surface area contributed by atoms with Crippen LogP contribution in [0.2, 0.25) is 0 Å². The van der Waals surface area contributed by atoms with Gasteiger partial charge in [-0.1, -0.05) is 38.0 Å². The van der Waals surface area contributed by atoms with Gasteiger partial charge in [-0.2, -0.15) is 0 Å². The minimum atomic E-state index is -0.974. The van der Waals surface area contributed by atoms with E-state index < -0.39 is 17.7 Å². The van der Waals surface area contributed by atoms with Crippen molar-refractivity contribution >= 4 is 22.8 Å². The molecule has 1 unspecified atom stereocenters. The van der Waals surface area contributed by atoms with Gasteiger partial charge in [0.05, 0.1) is 18.5 Å². The first-order chi connectivity index (χ1) is 14.2. The summed E-state index contributed by atoms with van der Waals surface area (Å²) in [5.74, 6) is -2.91. The van der Waals surface area contributed by atoms with Crippen LogP contribution >= 0.6 is 0 Å². The summed E-state index contributed by atoms with van der Waals surface area (Å²) in [6.45, 7) is 7.43. The van der Waals surface area contributed by atoms with Gasteiger partial charge in [-0.3, -0.25) is 14.2 Å². The van der Waals surface area contributed by atoms with Gasteiger partial charge in [0, 0.05) is 22.7 Å². The molecule has 1 heterocycles. The molecule has 0 saturated carbocycles. The lowest BCUT2D eigenvalue weighted by molar-refractivity contribution is -0.140. The summed E-state index contributed by atoms with van der Waals surface area (Å²) in [4.78, 5) is 25.6. The van der Waals surface area contributed by atoms with Crippen LogP contribution < -0.4 is 4.74 Å². The van der Waals surface area contributed by atoms with Crippen LogP contribution in [0.5, 0.6) is 5.75 Å². The minimum absolute atomic E-state index is 0.0111. The molecule has 0 amide bonds. The molecule has 5 nitrogen and oxygen atoms in total. The van der Waals surface area contributed by atoms with Crippen molar-refractivity contribution < 1.29 is 23.8 Å². The molecule has 0 saturated heterocycles. The number of fused-ring (bicyclic) bond motifs is 1. The van der Waals surface area contributed by atoms with Gasteiger partial charge >= 0.3 is 5.97 Å². The molecule has 1 N–H and O–H groups in total. The van der Waals surface area contributed by atoms with E-state index in [4.69, 9.17) is 4.74 Å². The van der Waals surface area contributed by atoms with Crippen LogP contribution in [-0.4, -0.2) is 28.7 Å². The fourth-order valence-corrected chi connectivity index (χ4v) is 3.96. The average Bonchev–Trinajstić information content (AvgIpc) is 2.98. The fraction of sp³-hybridized carbons (Fsp3) is 0.333. The van der Waals surface area contributed by atoms with E-state index in [1.54, 1.807) is 19.1 Å². The Morgan fingerprint density at radius 1 is 1.17 bits per heavy atom. The number of hydrogen-bond acceptors (Lipinski definition) is 3. The van der Waals surface area contributed by atoms with Crippen molar-refractivity contribution in [2.24, 2.45) is 5.92 Å². The van der Waals surface area contributed by atoms with E-state index in [0.717, 1.165) is 5.56 Å². The Kier molecular flexibility index (Phi) is 5.97. The van der Waals surface area contributed by atoms with Crippen LogP contribution in [0.3, 0.4) is 0 Å². The topological polar surface area (TPSA) is 68.5 Å². The first kappa shape index (κ1) is 21.6. The largest absolute Gasteiger partial charge is 0.494 e. The maximum absolute atomic E-state index is 14.6. The smallest absolute Gasteiger partial charge is 0.311 e. The first-order valence-electron chi connectivity index (χ1n) is 9.93. The van der Waals surface area contributed by atoms with Crippen LogP contribution in [0, 0.1) is 25.6 Å². The zero-order chi connectivity index (χ0) is 22.2. The Bertz CT molecular complexity index is 1110. The summed E-state index contributed by atoms with van der Waals surface area (Å²) < 4.78 is 21.1. The predicted molar refractivity (Wildman–Crippen MR) is 114 cm³/mol. The number of aliphatic carboxylic acids is 1. The molecule has 0 aliphatic carbocycles. The number of aryl methyl sites for hydroxylation is 1. The number of halogens is 1. The van der Waals surface area contributed by atoms with Crippen molar-refractivity contribution in [3.8, 4) is 5.75 Å². The van der Waals surface area contributed by atoms with Crippen LogP contribution in [-0.2, 0) is 4.79 Å². The molecule has 30 heavy (non-hydrogen) atoms. The number of carboxylic acid groups (broad SMARTS) is 1. The Balaban J connectivity index is 2.36. The highest BCUT2D eigenvalue weighted by Gasteiger charge is 2.33. The quantitative estimate of drug-likeness (QED) is 0.597. The van der Waals surface area contributed by atoms with Crippen molar-refractivity contribution in [2.75, 3.05) is 7.11 Å². The molecule has 6 heteroatoms. The van der Waals surface area contributed by atoms with Crippen molar-refractivity contribution in [3.63, 3.8) is 0 Å². The number of aromatic nitrogens is 1. The molecule has 2 aromatic carbocycles. The van der Waals surface area contributed by atoms with Gasteiger partial charge in [0.2, 0.25) is 0 Å². The van der Waals surface area contributed by atoms with Crippen LogP contribution in [0.1, 0.15) is 53.4 Å². The molecule has 1 aromatic heterocycles. The van der Waals surface area contributed by atoms with Crippen molar-refractivity contribution in [3.05, 3.63) is 64.6 Å². The van der Waals surface area contributed by atoms with E-state index in [9.17, 15) is 19.1 Å². The van der Waals surface area contributed by atoms with Gasteiger partial charge in [0.1, 0.15) is 0 Å².